The Bertz CT molecular complexity index is 2310. The topological polar surface area (TPSA) is 122 Å². The van der Waals surface area contributed by atoms with Gasteiger partial charge in [-0.25, -0.2) is 9.97 Å². The summed E-state index contributed by atoms with van der Waals surface area (Å²) in [6, 6.07) is 31.6. The number of imidazole rings is 2. The van der Waals surface area contributed by atoms with Crippen molar-refractivity contribution in [2.45, 2.75) is 26.2 Å². The summed E-state index contributed by atoms with van der Waals surface area (Å²) < 4.78 is 5.33. The molecular formula is C43H48BrCl5N10O. The van der Waals surface area contributed by atoms with E-state index in [-0.39, 0.29) is 67.9 Å². The molecule has 1 amide bonds. The van der Waals surface area contributed by atoms with E-state index in [1.807, 2.05) is 115 Å². The smallest absolute Gasteiger partial charge is 0.254 e. The van der Waals surface area contributed by atoms with Crippen molar-refractivity contribution >= 4 is 94.6 Å². The fraction of sp³-hybridized carbons (Fsp3) is 0.279. The minimum absolute atomic E-state index is 0. The van der Waals surface area contributed by atoms with Gasteiger partial charge in [-0.1, -0.05) is 64.5 Å². The largest absolute Gasteiger partial charge is 0.336 e. The lowest BCUT2D eigenvalue weighted by Gasteiger charge is -2.35. The number of nitrogens with one attached hydrogen (secondary N) is 1. The number of benzene rings is 4. The number of halogens is 6. The van der Waals surface area contributed by atoms with E-state index in [2.05, 4.69) is 62.3 Å². The number of carbonyl (C=O) groups is 1. The number of hydrogen-bond acceptors (Lipinski definition) is 8. The van der Waals surface area contributed by atoms with Crippen LogP contribution in [0.1, 0.15) is 44.0 Å². The third-order valence-corrected chi connectivity index (χ3v) is 10.9. The van der Waals surface area contributed by atoms with Crippen LogP contribution < -0.4 is 5.32 Å². The molecule has 0 bridgehead atoms. The molecule has 2 fully saturated rings. The van der Waals surface area contributed by atoms with E-state index in [4.69, 9.17) is 10.5 Å². The zero-order chi connectivity index (χ0) is 38.0. The van der Waals surface area contributed by atoms with Crippen LogP contribution in [0.2, 0.25) is 0 Å². The molecule has 0 spiro atoms. The summed E-state index contributed by atoms with van der Waals surface area (Å²) >= 11 is 3.59. The standard InChI is InChI=1S/C27H24BrN5O.C16H19N5.5ClH/c28-26-6-2-3-23-24(26)4-1-5-25(23)27(34)32-13-11-31(12-14-32)18-22-16-30-19-33(22)17-21-9-7-20(15-29)8-10-21;17-9-14-1-3-15(4-2-14)11-21-13-19-10-16(21)12-20-7-5-18-6-8-20;;;;;/h1-10,16,19H,11-14,17-18H2;1-4,10,13,18H,5-8,11-12H2;5*1H. The number of nitrogens with zero attached hydrogens (tertiary/aromatic N) is 9. The van der Waals surface area contributed by atoms with E-state index < -0.39 is 0 Å². The number of fused-ring (bicyclic) bond motifs is 1. The van der Waals surface area contributed by atoms with Gasteiger partial charge >= 0.3 is 0 Å². The second-order valence-corrected chi connectivity index (χ2v) is 14.7. The zero-order valence-electron chi connectivity index (χ0n) is 32.7. The van der Waals surface area contributed by atoms with Crippen LogP contribution >= 0.6 is 78.0 Å². The van der Waals surface area contributed by atoms with Crippen molar-refractivity contribution in [2.75, 3.05) is 52.4 Å². The van der Waals surface area contributed by atoms with E-state index in [9.17, 15) is 4.79 Å². The summed E-state index contributed by atoms with van der Waals surface area (Å²) in [6.45, 7) is 10.6. The van der Waals surface area contributed by atoms with Gasteiger partial charge in [0.2, 0.25) is 0 Å². The molecule has 4 aromatic carbocycles. The molecule has 0 unspecified atom stereocenters. The van der Waals surface area contributed by atoms with E-state index in [1.54, 1.807) is 0 Å². The van der Waals surface area contributed by atoms with E-state index in [0.29, 0.717) is 24.2 Å². The van der Waals surface area contributed by atoms with Gasteiger partial charge in [-0.2, -0.15) is 10.5 Å². The van der Waals surface area contributed by atoms with Gasteiger partial charge in [0.1, 0.15) is 0 Å². The first-order valence-electron chi connectivity index (χ1n) is 18.6. The lowest BCUT2D eigenvalue weighted by molar-refractivity contribution is 0.0627. The predicted octanol–water partition coefficient (Wildman–Crippen LogP) is 7.99. The van der Waals surface area contributed by atoms with Crippen LogP contribution in [-0.2, 0) is 26.2 Å². The van der Waals surface area contributed by atoms with Gasteiger partial charge in [-0.15, -0.1) is 62.0 Å². The van der Waals surface area contributed by atoms with E-state index in [1.165, 1.54) is 11.3 Å². The number of rotatable bonds is 9. The Labute approximate surface area is 390 Å². The molecule has 8 rings (SSSR count). The molecule has 4 heterocycles. The number of aromatic nitrogens is 4. The number of hydrogen-bond donors (Lipinski definition) is 1. The first kappa shape index (κ1) is 52.0. The summed E-state index contributed by atoms with van der Waals surface area (Å²) in [5, 5.41) is 23.2. The Hall–Kier alpha value is -4.18. The third kappa shape index (κ3) is 13.4. The van der Waals surface area contributed by atoms with Crippen molar-refractivity contribution in [3.05, 3.63) is 154 Å². The highest BCUT2D eigenvalue weighted by atomic mass is 79.9. The Balaban J connectivity index is 0.000000417. The first-order chi connectivity index (χ1) is 27.0. The Morgan fingerprint density at radius 2 is 1.07 bits per heavy atom. The summed E-state index contributed by atoms with van der Waals surface area (Å²) in [5.41, 5.74) is 6.82. The Kier molecular flexibility index (Phi) is 22.1. The lowest BCUT2D eigenvalue weighted by atomic mass is 10.0. The molecule has 6 aromatic rings. The molecule has 11 nitrogen and oxygen atoms in total. The Morgan fingerprint density at radius 3 is 1.57 bits per heavy atom. The van der Waals surface area contributed by atoms with Crippen molar-refractivity contribution in [1.29, 1.82) is 10.5 Å². The molecule has 318 valence electrons. The van der Waals surface area contributed by atoms with Crippen LogP contribution in [0.25, 0.3) is 10.8 Å². The summed E-state index contributed by atoms with van der Waals surface area (Å²) in [4.78, 5) is 28.7. The molecule has 2 aliphatic rings. The minimum atomic E-state index is 0. The maximum atomic E-state index is 13.3. The first-order valence-corrected chi connectivity index (χ1v) is 19.3. The van der Waals surface area contributed by atoms with Gasteiger partial charge in [-0.3, -0.25) is 14.6 Å². The molecule has 2 aromatic heterocycles. The van der Waals surface area contributed by atoms with Gasteiger partial charge in [-0.05, 0) is 58.3 Å². The average molecular weight is 978 g/mol. The van der Waals surface area contributed by atoms with Crippen LogP contribution in [0.5, 0.6) is 0 Å². The number of nitriles is 2. The van der Waals surface area contributed by atoms with Gasteiger partial charge < -0.3 is 19.4 Å². The Morgan fingerprint density at radius 1 is 0.600 bits per heavy atom. The lowest BCUT2D eigenvalue weighted by Crippen LogP contribution is -2.48. The molecule has 60 heavy (non-hydrogen) atoms. The van der Waals surface area contributed by atoms with Crippen LogP contribution in [-0.4, -0.2) is 92.1 Å². The van der Waals surface area contributed by atoms with Crippen molar-refractivity contribution in [1.82, 2.24) is 39.1 Å². The molecule has 0 radical (unpaired) electrons. The number of carbonyl (C=O) groups excluding carboxylic acids is 1. The maximum absolute atomic E-state index is 13.3. The van der Waals surface area contributed by atoms with E-state index >= 15 is 0 Å². The number of piperazine rings is 2. The van der Waals surface area contributed by atoms with Crippen molar-refractivity contribution < 1.29 is 4.79 Å². The molecule has 1 N–H and O–H groups in total. The molecule has 0 saturated carbocycles. The van der Waals surface area contributed by atoms with Crippen LogP contribution in [0.4, 0.5) is 0 Å². The van der Waals surface area contributed by atoms with Crippen LogP contribution in [0.15, 0.2) is 114 Å². The van der Waals surface area contributed by atoms with Crippen LogP contribution in [0.3, 0.4) is 0 Å². The van der Waals surface area contributed by atoms with E-state index in [0.717, 1.165) is 97.5 Å². The monoisotopic (exact) mass is 974 g/mol. The highest BCUT2D eigenvalue weighted by Gasteiger charge is 2.24. The number of amides is 1. The summed E-state index contributed by atoms with van der Waals surface area (Å²) in [5.74, 6) is 0.0919. The quantitative estimate of drug-likeness (QED) is 0.155. The van der Waals surface area contributed by atoms with Crippen LogP contribution in [0, 0.1) is 22.7 Å². The minimum Gasteiger partial charge on any atom is -0.336 e. The zero-order valence-corrected chi connectivity index (χ0v) is 38.4. The summed E-state index contributed by atoms with van der Waals surface area (Å²) in [7, 11) is 0. The third-order valence-electron chi connectivity index (χ3n) is 10.2. The van der Waals surface area contributed by atoms with Gasteiger partial charge in [0.25, 0.3) is 5.91 Å². The second-order valence-electron chi connectivity index (χ2n) is 13.9. The fourth-order valence-corrected chi connectivity index (χ4v) is 7.57. The molecule has 2 saturated heterocycles. The second kappa shape index (κ2) is 25.6. The molecular weight excluding hydrogens is 930 g/mol. The predicted molar refractivity (Wildman–Crippen MR) is 252 cm³/mol. The molecule has 0 aliphatic carbocycles. The van der Waals surface area contributed by atoms with Gasteiger partial charge in [0, 0.05) is 101 Å². The SMILES string of the molecule is Cl.Cl.Cl.Cl.Cl.N#Cc1ccc(Cn2cncc2CN2CCN(C(=O)c3cccc4c(Br)cccc34)CC2)cc1.N#Cc1ccc(Cn2cncc2CN2CCNCC2)cc1. The van der Waals surface area contributed by atoms with Crippen molar-refractivity contribution in [3.63, 3.8) is 0 Å². The van der Waals surface area contributed by atoms with Crippen molar-refractivity contribution in [2.24, 2.45) is 0 Å². The fourth-order valence-electron chi connectivity index (χ4n) is 7.07. The average Bonchev–Trinajstić information content (AvgIpc) is 3.87. The van der Waals surface area contributed by atoms with Gasteiger partial charge in [0.05, 0.1) is 47.3 Å². The summed E-state index contributed by atoms with van der Waals surface area (Å²) in [6.07, 6.45) is 7.60. The van der Waals surface area contributed by atoms with Gasteiger partial charge in [0.15, 0.2) is 0 Å². The maximum Gasteiger partial charge on any atom is 0.254 e. The molecule has 0 atom stereocenters. The highest BCUT2D eigenvalue weighted by molar-refractivity contribution is 9.10. The highest BCUT2D eigenvalue weighted by Crippen LogP contribution is 2.27. The normalized spacial score (nSPS) is 13.6. The van der Waals surface area contributed by atoms with Crippen molar-refractivity contribution in [3.8, 4) is 12.1 Å². The molecule has 2 aliphatic heterocycles. The molecule has 17 heteroatoms.